The Morgan fingerprint density at radius 1 is 1.21 bits per heavy atom. The molecular weight excluding hydrogens is 374 g/mol. The predicted molar refractivity (Wildman–Crippen MR) is 108 cm³/mol. The molecule has 2 aliphatic rings. The molecule has 0 bridgehead atoms. The first-order chi connectivity index (χ1) is 13.5. The van der Waals surface area contributed by atoms with Gasteiger partial charge in [-0.25, -0.2) is 4.79 Å². The number of esters is 1. The summed E-state index contributed by atoms with van der Waals surface area (Å²) in [5.74, 6) is -1.03. The molecule has 0 atom stereocenters. The number of carbonyl (C=O) groups excluding carboxylic acids is 4. The summed E-state index contributed by atoms with van der Waals surface area (Å²) in [6.07, 6.45) is 4.42. The summed E-state index contributed by atoms with van der Waals surface area (Å²) in [6, 6.07) is -0.530. The molecule has 0 aromatic carbocycles. The minimum Gasteiger partial charge on any atom is -0.454 e. The Hall–Kier alpha value is -2.12. The molecule has 29 heavy (non-hydrogen) atoms. The van der Waals surface area contributed by atoms with Crippen LogP contribution in [0, 0.1) is 11.3 Å². The maximum atomic E-state index is 12.9. The summed E-state index contributed by atoms with van der Waals surface area (Å²) in [5, 5.41) is 5.57. The van der Waals surface area contributed by atoms with Gasteiger partial charge in [0.05, 0.1) is 0 Å². The van der Waals surface area contributed by atoms with Crippen LogP contribution in [0.1, 0.15) is 73.1 Å². The Labute approximate surface area is 173 Å². The molecular formula is C21H35N3O5. The van der Waals surface area contributed by atoms with Crippen molar-refractivity contribution in [2.24, 2.45) is 11.3 Å². The van der Waals surface area contributed by atoms with Crippen LogP contribution in [0.3, 0.4) is 0 Å². The molecule has 1 aliphatic carbocycles. The van der Waals surface area contributed by atoms with Gasteiger partial charge in [0.1, 0.15) is 12.1 Å². The van der Waals surface area contributed by atoms with E-state index in [1.54, 1.807) is 0 Å². The molecule has 1 spiro atoms. The topological polar surface area (TPSA) is 105 Å². The molecule has 8 nitrogen and oxygen atoms in total. The second-order valence-electron chi connectivity index (χ2n) is 9.29. The Morgan fingerprint density at radius 2 is 1.79 bits per heavy atom. The monoisotopic (exact) mass is 409 g/mol. The van der Waals surface area contributed by atoms with Gasteiger partial charge in [0.2, 0.25) is 0 Å². The van der Waals surface area contributed by atoms with Gasteiger partial charge in [0.15, 0.2) is 6.61 Å². The third kappa shape index (κ3) is 5.48. The van der Waals surface area contributed by atoms with E-state index in [4.69, 9.17) is 4.74 Å². The van der Waals surface area contributed by atoms with Crippen LogP contribution in [0.4, 0.5) is 4.79 Å². The number of imide groups is 1. The molecule has 0 unspecified atom stereocenters. The van der Waals surface area contributed by atoms with Gasteiger partial charge >= 0.3 is 12.0 Å². The number of amides is 4. The number of carbonyl (C=O) groups is 4. The minimum absolute atomic E-state index is 0.0372. The first-order valence-electron chi connectivity index (χ1n) is 10.6. The van der Waals surface area contributed by atoms with Crippen molar-refractivity contribution in [3.05, 3.63) is 0 Å². The van der Waals surface area contributed by atoms with Crippen LogP contribution in [-0.2, 0) is 19.1 Å². The fourth-order valence-corrected chi connectivity index (χ4v) is 4.22. The summed E-state index contributed by atoms with van der Waals surface area (Å²) in [4.78, 5) is 50.1. The van der Waals surface area contributed by atoms with Crippen LogP contribution in [-0.4, -0.2) is 53.4 Å². The molecule has 2 rings (SSSR count). The largest absolute Gasteiger partial charge is 0.454 e. The lowest BCUT2D eigenvalue weighted by atomic mass is 9.67. The highest BCUT2D eigenvalue weighted by Gasteiger charge is 2.53. The maximum Gasteiger partial charge on any atom is 0.326 e. The second-order valence-corrected chi connectivity index (χ2v) is 9.29. The van der Waals surface area contributed by atoms with Crippen LogP contribution in [0.2, 0.25) is 0 Å². The van der Waals surface area contributed by atoms with Crippen LogP contribution in [0.5, 0.6) is 0 Å². The van der Waals surface area contributed by atoms with Crippen molar-refractivity contribution in [2.45, 2.75) is 84.7 Å². The molecule has 2 fully saturated rings. The Bertz CT molecular complexity index is 643. The van der Waals surface area contributed by atoms with E-state index in [-0.39, 0.29) is 23.3 Å². The number of urea groups is 1. The van der Waals surface area contributed by atoms with Crippen LogP contribution >= 0.6 is 0 Å². The third-order valence-corrected chi connectivity index (χ3v) is 6.31. The van der Waals surface area contributed by atoms with E-state index in [1.165, 1.54) is 0 Å². The zero-order chi connectivity index (χ0) is 21.8. The van der Waals surface area contributed by atoms with Crippen molar-refractivity contribution < 1.29 is 23.9 Å². The molecule has 8 heteroatoms. The van der Waals surface area contributed by atoms with Gasteiger partial charge in [-0.05, 0) is 49.9 Å². The minimum atomic E-state index is -0.911. The first kappa shape index (κ1) is 23.2. The summed E-state index contributed by atoms with van der Waals surface area (Å²) in [5.41, 5.74) is -0.752. The van der Waals surface area contributed by atoms with E-state index in [0.717, 1.165) is 30.6 Å². The molecule has 164 valence electrons. The number of hydrogen-bond donors (Lipinski definition) is 2. The molecule has 1 aliphatic heterocycles. The van der Waals surface area contributed by atoms with Gasteiger partial charge in [-0.1, -0.05) is 34.6 Å². The predicted octanol–water partition coefficient (Wildman–Crippen LogP) is 2.36. The molecule has 1 saturated heterocycles. The van der Waals surface area contributed by atoms with E-state index in [9.17, 15) is 19.2 Å². The third-order valence-electron chi connectivity index (χ3n) is 6.31. The van der Waals surface area contributed by atoms with Gasteiger partial charge in [0.25, 0.3) is 11.8 Å². The standard InChI is InChI=1S/C21H35N3O5/c1-6-15(7-2)22-16(25)13-29-17(26)12-24-18(27)21(23-19(24)28)10-8-14(9-11-21)20(3,4)5/h14-15H,6-13H2,1-5H3,(H,22,25)(H,23,28). The molecule has 0 aromatic heterocycles. The van der Waals surface area contributed by atoms with E-state index in [2.05, 4.69) is 31.4 Å². The Morgan fingerprint density at radius 3 is 2.31 bits per heavy atom. The summed E-state index contributed by atoms with van der Waals surface area (Å²) in [6.45, 7) is 9.58. The van der Waals surface area contributed by atoms with Crippen molar-refractivity contribution in [2.75, 3.05) is 13.2 Å². The van der Waals surface area contributed by atoms with Crippen LogP contribution < -0.4 is 10.6 Å². The van der Waals surface area contributed by atoms with Crippen molar-refractivity contribution >= 4 is 23.8 Å². The van der Waals surface area contributed by atoms with Gasteiger partial charge in [-0.2, -0.15) is 0 Å². The highest BCUT2D eigenvalue weighted by molar-refractivity contribution is 6.08. The molecule has 1 saturated carbocycles. The number of hydrogen-bond acceptors (Lipinski definition) is 5. The highest BCUT2D eigenvalue weighted by atomic mass is 16.5. The number of nitrogens with one attached hydrogen (secondary N) is 2. The van der Waals surface area contributed by atoms with E-state index < -0.39 is 30.7 Å². The van der Waals surface area contributed by atoms with Gasteiger partial charge < -0.3 is 15.4 Å². The lowest BCUT2D eigenvalue weighted by Gasteiger charge is -2.40. The van der Waals surface area contributed by atoms with Gasteiger partial charge in [-0.15, -0.1) is 0 Å². The SMILES string of the molecule is CCC(CC)NC(=O)COC(=O)CN1C(=O)NC2(CCC(C(C)(C)C)CC2)C1=O. The first-order valence-corrected chi connectivity index (χ1v) is 10.6. The van der Waals surface area contributed by atoms with E-state index in [0.29, 0.717) is 18.8 Å². The zero-order valence-corrected chi connectivity index (χ0v) is 18.3. The smallest absolute Gasteiger partial charge is 0.326 e. The fraction of sp³-hybridized carbons (Fsp3) is 0.810. The van der Waals surface area contributed by atoms with Crippen LogP contribution in [0.15, 0.2) is 0 Å². The number of nitrogens with zero attached hydrogens (tertiary/aromatic N) is 1. The van der Waals surface area contributed by atoms with Crippen LogP contribution in [0.25, 0.3) is 0 Å². The average Bonchev–Trinajstić information content (AvgIpc) is 2.88. The van der Waals surface area contributed by atoms with Gasteiger partial charge in [-0.3, -0.25) is 19.3 Å². The van der Waals surface area contributed by atoms with Crippen molar-refractivity contribution in [3.8, 4) is 0 Å². The molecule has 2 N–H and O–H groups in total. The van der Waals surface area contributed by atoms with Gasteiger partial charge in [0, 0.05) is 6.04 Å². The molecule has 0 radical (unpaired) electrons. The maximum absolute atomic E-state index is 12.9. The van der Waals surface area contributed by atoms with Crippen molar-refractivity contribution in [3.63, 3.8) is 0 Å². The van der Waals surface area contributed by atoms with E-state index >= 15 is 0 Å². The number of rotatable bonds is 7. The Kier molecular flexibility index (Phi) is 7.30. The van der Waals surface area contributed by atoms with Crippen molar-refractivity contribution in [1.82, 2.24) is 15.5 Å². The molecule has 4 amide bonds. The summed E-state index contributed by atoms with van der Waals surface area (Å²) in [7, 11) is 0. The molecule has 1 heterocycles. The lowest BCUT2D eigenvalue weighted by Crippen LogP contribution is -2.50. The second kappa shape index (κ2) is 9.13. The Balaban J connectivity index is 1.87. The molecule has 0 aromatic rings. The number of ether oxygens (including phenoxy) is 1. The fourth-order valence-electron chi connectivity index (χ4n) is 4.22. The highest BCUT2D eigenvalue weighted by Crippen LogP contribution is 2.43. The normalized spacial score (nSPS) is 24.8. The quantitative estimate of drug-likeness (QED) is 0.496. The summed E-state index contributed by atoms with van der Waals surface area (Å²) >= 11 is 0. The zero-order valence-electron chi connectivity index (χ0n) is 18.3. The summed E-state index contributed by atoms with van der Waals surface area (Å²) < 4.78 is 4.96. The average molecular weight is 410 g/mol. The van der Waals surface area contributed by atoms with Crippen molar-refractivity contribution in [1.29, 1.82) is 0 Å². The lowest BCUT2D eigenvalue weighted by molar-refractivity contribution is -0.151. The van der Waals surface area contributed by atoms with E-state index in [1.807, 2.05) is 13.8 Å².